The molecular formula is C46H54O10. The Morgan fingerprint density at radius 2 is 0.804 bits per heavy atom. The van der Waals surface area contributed by atoms with E-state index in [9.17, 15) is 19.8 Å². The Labute approximate surface area is 330 Å². The van der Waals surface area contributed by atoms with E-state index >= 15 is 0 Å². The molecule has 0 aromatic heterocycles. The minimum absolute atomic E-state index is 0.0364. The molecule has 0 saturated carbocycles. The molecule has 0 saturated heterocycles. The SMILES string of the molecule is C=CC(=O)OCC(O)COc1c(C)cc(Oc2c(C)cc(-c3cc(C)c(Oc4cc(C)c(OCC(O)COC(=O)C=C)c(C)c4)c(C)c3C)c(C)c2C)cc1C. The van der Waals surface area contributed by atoms with E-state index in [1.165, 1.54) is 0 Å². The van der Waals surface area contributed by atoms with Crippen molar-refractivity contribution in [3.8, 4) is 45.6 Å². The lowest BCUT2D eigenvalue weighted by Crippen LogP contribution is -2.25. The molecule has 0 fully saturated rings. The third-order valence-electron chi connectivity index (χ3n) is 9.66. The van der Waals surface area contributed by atoms with Crippen LogP contribution in [0.25, 0.3) is 11.1 Å². The van der Waals surface area contributed by atoms with Crippen LogP contribution in [0.1, 0.15) is 55.6 Å². The largest absolute Gasteiger partial charge is 0.490 e. The van der Waals surface area contributed by atoms with E-state index in [0.717, 1.165) is 90.4 Å². The monoisotopic (exact) mass is 766 g/mol. The number of aryl methyl sites for hydroxylation is 6. The van der Waals surface area contributed by atoms with Gasteiger partial charge in [0.15, 0.2) is 0 Å². The van der Waals surface area contributed by atoms with Crippen LogP contribution >= 0.6 is 0 Å². The Bertz CT molecular complexity index is 1930. The number of carbonyl (C=O) groups is 2. The summed E-state index contributed by atoms with van der Waals surface area (Å²) in [4.78, 5) is 22.6. The molecule has 56 heavy (non-hydrogen) atoms. The Morgan fingerprint density at radius 1 is 0.500 bits per heavy atom. The maximum absolute atomic E-state index is 11.3. The first-order valence-electron chi connectivity index (χ1n) is 18.5. The number of aliphatic hydroxyl groups excluding tert-OH is 2. The fraction of sp³-hybridized carbons (Fsp3) is 0.348. The molecule has 4 rings (SSSR count). The van der Waals surface area contributed by atoms with Crippen molar-refractivity contribution in [2.45, 2.75) is 81.4 Å². The molecule has 298 valence electrons. The first-order chi connectivity index (χ1) is 26.4. The van der Waals surface area contributed by atoms with Crippen molar-refractivity contribution in [1.29, 1.82) is 0 Å². The normalized spacial score (nSPS) is 12.0. The van der Waals surface area contributed by atoms with Gasteiger partial charge in [-0.05, 0) is 172 Å². The Balaban J connectivity index is 1.52. The Kier molecular flexibility index (Phi) is 14.5. The summed E-state index contributed by atoms with van der Waals surface area (Å²) in [5.74, 6) is 2.98. The third-order valence-corrected chi connectivity index (χ3v) is 9.66. The van der Waals surface area contributed by atoms with Crippen LogP contribution < -0.4 is 18.9 Å². The zero-order valence-electron chi connectivity index (χ0n) is 34.2. The van der Waals surface area contributed by atoms with Gasteiger partial charge in [-0.25, -0.2) is 9.59 Å². The molecule has 0 aliphatic carbocycles. The molecule has 0 radical (unpaired) electrons. The van der Waals surface area contributed by atoms with Crippen LogP contribution in [-0.4, -0.2) is 60.8 Å². The molecule has 0 bridgehead atoms. The van der Waals surface area contributed by atoms with Gasteiger partial charge in [-0.15, -0.1) is 0 Å². The molecule has 0 aliphatic heterocycles. The molecule has 10 nitrogen and oxygen atoms in total. The van der Waals surface area contributed by atoms with Crippen molar-refractivity contribution in [2.75, 3.05) is 26.4 Å². The van der Waals surface area contributed by atoms with E-state index < -0.39 is 24.1 Å². The maximum Gasteiger partial charge on any atom is 0.330 e. The number of rotatable bonds is 17. The fourth-order valence-electron chi connectivity index (χ4n) is 6.55. The molecule has 2 unspecified atom stereocenters. The van der Waals surface area contributed by atoms with Gasteiger partial charge in [0, 0.05) is 12.2 Å². The molecule has 0 heterocycles. The number of hydrogen-bond donors (Lipinski definition) is 2. The molecule has 0 amide bonds. The summed E-state index contributed by atoms with van der Waals surface area (Å²) in [5.41, 5.74) is 11.9. The van der Waals surface area contributed by atoms with E-state index in [4.69, 9.17) is 28.4 Å². The van der Waals surface area contributed by atoms with Crippen LogP contribution in [0.3, 0.4) is 0 Å². The topological polar surface area (TPSA) is 130 Å². The van der Waals surface area contributed by atoms with Gasteiger partial charge in [0.1, 0.15) is 73.1 Å². The highest BCUT2D eigenvalue weighted by molar-refractivity contribution is 5.81. The highest BCUT2D eigenvalue weighted by atomic mass is 16.6. The van der Waals surface area contributed by atoms with Gasteiger partial charge in [-0.1, -0.05) is 13.2 Å². The predicted molar refractivity (Wildman–Crippen MR) is 218 cm³/mol. The number of aliphatic hydroxyl groups is 2. The van der Waals surface area contributed by atoms with Crippen LogP contribution in [-0.2, 0) is 19.1 Å². The summed E-state index contributed by atoms with van der Waals surface area (Å²) in [6, 6.07) is 12.0. The second-order valence-corrected chi connectivity index (χ2v) is 14.2. The predicted octanol–water partition coefficient (Wildman–Crippen LogP) is 8.96. The van der Waals surface area contributed by atoms with E-state index in [-0.39, 0.29) is 26.4 Å². The number of benzene rings is 4. The second kappa shape index (κ2) is 18.8. The quantitative estimate of drug-likeness (QED) is 0.0794. The Morgan fingerprint density at radius 3 is 1.11 bits per heavy atom. The maximum atomic E-state index is 11.3. The number of hydrogen-bond acceptors (Lipinski definition) is 10. The number of carbonyl (C=O) groups excluding carboxylic acids is 2. The van der Waals surface area contributed by atoms with E-state index in [1.54, 1.807) is 0 Å². The molecule has 4 aromatic carbocycles. The Hall–Kier alpha value is -5.58. The minimum Gasteiger partial charge on any atom is -0.490 e. The zero-order chi connectivity index (χ0) is 41.4. The highest BCUT2D eigenvalue weighted by Crippen LogP contribution is 2.43. The van der Waals surface area contributed by atoms with Gasteiger partial charge in [0.2, 0.25) is 0 Å². The van der Waals surface area contributed by atoms with Gasteiger partial charge in [-0.3, -0.25) is 0 Å². The average molecular weight is 767 g/mol. The third kappa shape index (κ3) is 10.4. The summed E-state index contributed by atoms with van der Waals surface area (Å²) in [5, 5.41) is 20.4. The lowest BCUT2D eigenvalue weighted by molar-refractivity contribution is -0.142. The molecule has 4 aromatic rings. The van der Waals surface area contributed by atoms with Crippen LogP contribution in [0.4, 0.5) is 0 Å². The van der Waals surface area contributed by atoms with Crippen molar-refractivity contribution in [2.24, 2.45) is 0 Å². The lowest BCUT2D eigenvalue weighted by atomic mass is 9.88. The van der Waals surface area contributed by atoms with Crippen molar-refractivity contribution in [3.05, 3.63) is 117 Å². The second-order valence-electron chi connectivity index (χ2n) is 14.2. The molecular weight excluding hydrogens is 712 g/mol. The first kappa shape index (κ1) is 43.2. The zero-order valence-corrected chi connectivity index (χ0v) is 34.2. The molecule has 2 N–H and O–H groups in total. The van der Waals surface area contributed by atoms with Gasteiger partial charge >= 0.3 is 11.9 Å². The summed E-state index contributed by atoms with van der Waals surface area (Å²) >= 11 is 0. The van der Waals surface area contributed by atoms with Crippen LogP contribution in [0.2, 0.25) is 0 Å². The van der Waals surface area contributed by atoms with Gasteiger partial charge in [0.05, 0.1) is 0 Å². The number of esters is 2. The molecule has 2 atom stereocenters. The average Bonchev–Trinajstić information content (AvgIpc) is 3.15. The highest BCUT2D eigenvalue weighted by Gasteiger charge is 2.21. The molecule has 10 heteroatoms. The lowest BCUT2D eigenvalue weighted by Gasteiger charge is -2.22. The van der Waals surface area contributed by atoms with Gasteiger partial charge < -0.3 is 38.6 Å². The van der Waals surface area contributed by atoms with Crippen molar-refractivity contribution in [1.82, 2.24) is 0 Å². The van der Waals surface area contributed by atoms with Crippen LogP contribution in [0.5, 0.6) is 34.5 Å². The van der Waals surface area contributed by atoms with E-state index in [1.807, 2.05) is 65.8 Å². The van der Waals surface area contributed by atoms with Crippen LogP contribution in [0, 0.1) is 69.2 Å². The van der Waals surface area contributed by atoms with Gasteiger partial charge in [-0.2, -0.15) is 0 Å². The van der Waals surface area contributed by atoms with E-state index in [0.29, 0.717) is 23.0 Å². The molecule has 0 spiro atoms. The van der Waals surface area contributed by atoms with E-state index in [2.05, 4.69) is 53.0 Å². The number of ether oxygens (including phenoxy) is 6. The van der Waals surface area contributed by atoms with Gasteiger partial charge in [0.25, 0.3) is 0 Å². The van der Waals surface area contributed by atoms with Crippen molar-refractivity contribution >= 4 is 11.9 Å². The summed E-state index contributed by atoms with van der Waals surface area (Å²) in [6.07, 6.45) is 0.131. The molecule has 0 aliphatic rings. The first-order valence-corrected chi connectivity index (χ1v) is 18.5. The summed E-state index contributed by atoms with van der Waals surface area (Å²) < 4.78 is 34.7. The fourth-order valence-corrected chi connectivity index (χ4v) is 6.55. The summed E-state index contributed by atoms with van der Waals surface area (Å²) in [6.45, 7) is 26.4. The summed E-state index contributed by atoms with van der Waals surface area (Å²) in [7, 11) is 0. The standard InChI is InChI=1S/C46H54O10/c1-13-41(49)51-21-35(47)23-53-43-25(3)15-37(16-26(43)4)55-45-29(7)19-39(31(9)33(45)11)40-20-30(8)46(34(12)32(40)10)56-38-17-27(5)44(28(6)18-38)54-24-36(48)22-52-42(50)14-2/h13-20,35-36,47-48H,1-2,21-24H2,3-12H3. The minimum atomic E-state index is -0.981. The smallest absolute Gasteiger partial charge is 0.330 e. The van der Waals surface area contributed by atoms with Crippen molar-refractivity contribution in [3.63, 3.8) is 0 Å². The van der Waals surface area contributed by atoms with Crippen LogP contribution in [0.15, 0.2) is 61.7 Å². The van der Waals surface area contributed by atoms with Crippen molar-refractivity contribution < 1.29 is 48.2 Å².